The van der Waals surface area contributed by atoms with E-state index in [0.29, 0.717) is 23.5 Å². The maximum absolute atomic E-state index is 11.5. The number of esters is 1. The van der Waals surface area contributed by atoms with Crippen molar-refractivity contribution >= 4 is 17.3 Å². The number of hydrogen-bond donors (Lipinski definition) is 2. The van der Waals surface area contributed by atoms with Gasteiger partial charge >= 0.3 is 5.97 Å². The van der Waals surface area contributed by atoms with Gasteiger partial charge < -0.3 is 15.8 Å². The molecule has 1 heterocycles. The van der Waals surface area contributed by atoms with Gasteiger partial charge in [-0.2, -0.15) is 5.10 Å². The summed E-state index contributed by atoms with van der Waals surface area (Å²) in [6.45, 7) is 0.586. The lowest BCUT2D eigenvalue weighted by Gasteiger charge is -2.09. The molecule has 1 aromatic carbocycles. The first kappa shape index (κ1) is 12.9. The smallest absolute Gasteiger partial charge is 0.337 e. The lowest BCUT2D eigenvalue weighted by atomic mass is 10.1. The SMILES string of the molecule is COC(=O)c1ccc(N)c(NCc2cnn(C)c2)c1. The van der Waals surface area contributed by atoms with Crippen LogP contribution in [0.15, 0.2) is 30.6 Å². The summed E-state index contributed by atoms with van der Waals surface area (Å²) in [6.07, 6.45) is 3.68. The van der Waals surface area contributed by atoms with Gasteiger partial charge in [0.2, 0.25) is 0 Å². The molecule has 19 heavy (non-hydrogen) atoms. The molecule has 0 bridgehead atoms. The molecule has 0 amide bonds. The number of aryl methyl sites for hydroxylation is 1. The Balaban J connectivity index is 2.12. The third kappa shape index (κ3) is 3.04. The third-order valence-electron chi connectivity index (χ3n) is 2.72. The van der Waals surface area contributed by atoms with Crippen molar-refractivity contribution in [1.29, 1.82) is 0 Å². The molecule has 6 nitrogen and oxygen atoms in total. The highest BCUT2D eigenvalue weighted by Gasteiger charge is 2.08. The quantitative estimate of drug-likeness (QED) is 0.641. The van der Waals surface area contributed by atoms with Crippen molar-refractivity contribution in [3.63, 3.8) is 0 Å². The maximum atomic E-state index is 11.5. The van der Waals surface area contributed by atoms with Gasteiger partial charge in [-0.25, -0.2) is 4.79 Å². The average molecular weight is 260 g/mol. The number of aromatic nitrogens is 2. The lowest BCUT2D eigenvalue weighted by molar-refractivity contribution is 0.0601. The van der Waals surface area contributed by atoms with Gasteiger partial charge in [-0.15, -0.1) is 0 Å². The molecule has 3 N–H and O–H groups in total. The molecule has 0 spiro atoms. The van der Waals surface area contributed by atoms with Crippen molar-refractivity contribution in [2.75, 3.05) is 18.2 Å². The highest BCUT2D eigenvalue weighted by atomic mass is 16.5. The number of ether oxygens (including phenoxy) is 1. The Kier molecular flexibility index (Phi) is 3.70. The van der Waals surface area contributed by atoms with Crippen LogP contribution in [0.2, 0.25) is 0 Å². The number of carbonyl (C=O) groups excluding carboxylic acids is 1. The summed E-state index contributed by atoms with van der Waals surface area (Å²) in [7, 11) is 3.21. The van der Waals surface area contributed by atoms with Crippen molar-refractivity contribution < 1.29 is 9.53 Å². The van der Waals surface area contributed by atoms with Crippen LogP contribution in [0.25, 0.3) is 0 Å². The second kappa shape index (κ2) is 5.43. The second-order valence-electron chi connectivity index (χ2n) is 4.17. The molecule has 0 unspecified atom stereocenters. The zero-order valence-corrected chi connectivity index (χ0v) is 10.9. The number of nitrogen functional groups attached to an aromatic ring is 1. The van der Waals surface area contributed by atoms with E-state index in [-0.39, 0.29) is 5.97 Å². The van der Waals surface area contributed by atoms with E-state index in [0.717, 1.165) is 5.56 Å². The summed E-state index contributed by atoms with van der Waals surface area (Å²) in [4.78, 5) is 11.5. The van der Waals surface area contributed by atoms with Gasteiger partial charge in [0.05, 0.1) is 30.2 Å². The van der Waals surface area contributed by atoms with Crippen LogP contribution in [-0.4, -0.2) is 22.9 Å². The van der Waals surface area contributed by atoms with Crippen LogP contribution in [-0.2, 0) is 18.3 Å². The minimum Gasteiger partial charge on any atom is -0.465 e. The van der Waals surface area contributed by atoms with Crippen molar-refractivity contribution in [2.45, 2.75) is 6.54 Å². The summed E-state index contributed by atoms with van der Waals surface area (Å²) < 4.78 is 6.40. The minimum absolute atomic E-state index is 0.385. The number of nitrogens with two attached hydrogens (primary N) is 1. The molecular formula is C13H16N4O2. The van der Waals surface area contributed by atoms with E-state index in [1.807, 2.05) is 13.2 Å². The van der Waals surface area contributed by atoms with Crippen LogP contribution < -0.4 is 11.1 Å². The van der Waals surface area contributed by atoms with Gasteiger partial charge in [-0.05, 0) is 18.2 Å². The van der Waals surface area contributed by atoms with Crippen LogP contribution in [0, 0.1) is 0 Å². The summed E-state index contributed by atoms with van der Waals surface area (Å²) in [6, 6.07) is 4.99. The molecule has 0 fully saturated rings. The first-order valence-corrected chi connectivity index (χ1v) is 5.79. The number of nitrogens with zero attached hydrogens (tertiary/aromatic N) is 2. The topological polar surface area (TPSA) is 82.2 Å². The van der Waals surface area contributed by atoms with E-state index in [4.69, 9.17) is 5.73 Å². The van der Waals surface area contributed by atoms with E-state index < -0.39 is 0 Å². The molecule has 1 aromatic heterocycles. The molecule has 0 saturated carbocycles. The Hall–Kier alpha value is -2.50. The Labute approximate surface area is 111 Å². The fraction of sp³-hybridized carbons (Fsp3) is 0.231. The molecule has 0 aliphatic heterocycles. The molecule has 0 aliphatic rings. The number of nitrogens with one attached hydrogen (secondary N) is 1. The fourth-order valence-corrected chi connectivity index (χ4v) is 1.71. The van der Waals surface area contributed by atoms with Gasteiger partial charge in [-0.1, -0.05) is 0 Å². The third-order valence-corrected chi connectivity index (χ3v) is 2.72. The number of rotatable bonds is 4. The molecule has 2 aromatic rings. The number of hydrogen-bond acceptors (Lipinski definition) is 5. The molecule has 2 rings (SSSR count). The predicted octanol–water partition coefficient (Wildman–Crippen LogP) is 1.40. The van der Waals surface area contributed by atoms with Crippen LogP contribution in [0.4, 0.5) is 11.4 Å². The lowest BCUT2D eigenvalue weighted by Crippen LogP contribution is -2.06. The molecule has 100 valence electrons. The van der Waals surface area contributed by atoms with Gasteiger partial charge in [0.15, 0.2) is 0 Å². The molecule has 0 aliphatic carbocycles. The monoisotopic (exact) mass is 260 g/mol. The Morgan fingerprint density at radius 1 is 1.53 bits per heavy atom. The van der Waals surface area contributed by atoms with Crippen LogP contribution >= 0.6 is 0 Å². The zero-order valence-electron chi connectivity index (χ0n) is 10.9. The van der Waals surface area contributed by atoms with E-state index in [1.54, 1.807) is 29.1 Å². The molecule has 0 radical (unpaired) electrons. The molecule has 6 heteroatoms. The van der Waals surface area contributed by atoms with Gasteiger partial charge in [-0.3, -0.25) is 4.68 Å². The van der Waals surface area contributed by atoms with Crippen molar-refractivity contribution in [2.24, 2.45) is 7.05 Å². The fourth-order valence-electron chi connectivity index (χ4n) is 1.71. The van der Waals surface area contributed by atoms with Crippen molar-refractivity contribution in [3.8, 4) is 0 Å². The standard InChI is InChI=1S/C13H16N4O2/c1-17-8-9(7-16-17)6-15-12-5-10(13(18)19-2)3-4-11(12)14/h3-5,7-8,15H,6,14H2,1-2H3. The minimum atomic E-state index is -0.385. The average Bonchev–Trinajstić information content (AvgIpc) is 2.82. The highest BCUT2D eigenvalue weighted by Crippen LogP contribution is 2.21. The number of benzene rings is 1. The second-order valence-corrected chi connectivity index (χ2v) is 4.17. The van der Waals surface area contributed by atoms with Crippen molar-refractivity contribution in [3.05, 3.63) is 41.7 Å². The Bertz CT molecular complexity index is 592. The van der Waals surface area contributed by atoms with E-state index in [1.165, 1.54) is 7.11 Å². The maximum Gasteiger partial charge on any atom is 0.337 e. The first-order valence-electron chi connectivity index (χ1n) is 5.79. The van der Waals surface area contributed by atoms with Crippen LogP contribution in [0.3, 0.4) is 0 Å². The summed E-state index contributed by atoms with van der Waals surface area (Å²) in [5, 5.41) is 7.26. The zero-order chi connectivity index (χ0) is 13.8. The normalized spacial score (nSPS) is 10.2. The summed E-state index contributed by atoms with van der Waals surface area (Å²) >= 11 is 0. The Morgan fingerprint density at radius 3 is 2.95 bits per heavy atom. The van der Waals surface area contributed by atoms with Crippen LogP contribution in [0.1, 0.15) is 15.9 Å². The molecule has 0 saturated heterocycles. The molecular weight excluding hydrogens is 244 g/mol. The largest absolute Gasteiger partial charge is 0.465 e. The summed E-state index contributed by atoms with van der Waals surface area (Å²) in [5.41, 5.74) is 8.64. The summed E-state index contributed by atoms with van der Waals surface area (Å²) in [5.74, 6) is -0.385. The number of carbonyl (C=O) groups is 1. The van der Waals surface area contributed by atoms with Crippen LogP contribution in [0.5, 0.6) is 0 Å². The number of anilines is 2. The van der Waals surface area contributed by atoms with E-state index in [2.05, 4.69) is 15.2 Å². The highest BCUT2D eigenvalue weighted by molar-refractivity contribution is 5.91. The number of methoxy groups -OCH3 is 1. The van der Waals surface area contributed by atoms with Crippen molar-refractivity contribution in [1.82, 2.24) is 9.78 Å². The van der Waals surface area contributed by atoms with Gasteiger partial charge in [0.25, 0.3) is 0 Å². The van der Waals surface area contributed by atoms with E-state index in [9.17, 15) is 4.79 Å². The Morgan fingerprint density at radius 2 is 2.32 bits per heavy atom. The van der Waals surface area contributed by atoms with Gasteiger partial charge in [0.1, 0.15) is 0 Å². The first-order chi connectivity index (χ1) is 9.10. The van der Waals surface area contributed by atoms with Gasteiger partial charge in [0, 0.05) is 25.4 Å². The predicted molar refractivity (Wildman–Crippen MR) is 72.7 cm³/mol. The van der Waals surface area contributed by atoms with E-state index >= 15 is 0 Å². The molecule has 0 atom stereocenters.